The minimum absolute atomic E-state index is 0.344. The summed E-state index contributed by atoms with van der Waals surface area (Å²) in [6.07, 6.45) is 9.29. The smallest absolute Gasteiger partial charge is 0.0345 e. The molecule has 0 bridgehead atoms. The van der Waals surface area contributed by atoms with Crippen LogP contribution in [0, 0.1) is 5.92 Å². The highest BCUT2D eigenvalue weighted by molar-refractivity contribution is 7.17. The van der Waals surface area contributed by atoms with Crippen molar-refractivity contribution in [2.24, 2.45) is 11.7 Å². The number of hydrogen-bond acceptors (Lipinski definition) is 2. The molecule has 0 aliphatic heterocycles. The Balaban J connectivity index is 1.73. The molecule has 19 heavy (non-hydrogen) atoms. The lowest BCUT2D eigenvalue weighted by Crippen LogP contribution is -2.32. The van der Waals surface area contributed by atoms with Crippen LogP contribution in [0.25, 0.3) is 10.1 Å². The molecule has 0 radical (unpaired) electrons. The monoisotopic (exact) mass is 273 g/mol. The Labute approximate surface area is 119 Å². The molecule has 2 N–H and O–H groups in total. The van der Waals surface area contributed by atoms with Crippen molar-refractivity contribution in [3.8, 4) is 0 Å². The topological polar surface area (TPSA) is 26.0 Å². The van der Waals surface area contributed by atoms with Crippen LogP contribution in [0.3, 0.4) is 0 Å². The highest BCUT2D eigenvalue weighted by Crippen LogP contribution is 2.30. The largest absolute Gasteiger partial charge is 0.327 e. The lowest BCUT2D eigenvalue weighted by atomic mass is 9.88. The molecule has 2 heteroatoms. The van der Waals surface area contributed by atoms with Gasteiger partial charge in [0.1, 0.15) is 0 Å². The molecule has 1 aromatic carbocycles. The third-order valence-corrected chi connectivity index (χ3v) is 5.53. The van der Waals surface area contributed by atoms with Gasteiger partial charge in [-0.15, -0.1) is 11.3 Å². The van der Waals surface area contributed by atoms with Crippen molar-refractivity contribution < 1.29 is 0 Å². The molecule has 0 spiro atoms. The van der Waals surface area contributed by atoms with Gasteiger partial charge in [0.2, 0.25) is 0 Å². The van der Waals surface area contributed by atoms with E-state index in [-0.39, 0.29) is 0 Å². The molecule has 0 amide bonds. The van der Waals surface area contributed by atoms with Crippen LogP contribution in [0.1, 0.15) is 44.1 Å². The molecule has 1 aliphatic carbocycles. The van der Waals surface area contributed by atoms with Gasteiger partial charge in [-0.1, -0.05) is 43.9 Å². The van der Waals surface area contributed by atoms with Gasteiger partial charge in [0.05, 0.1) is 0 Å². The summed E-state index contributed by atoms with van der Waals surface area (Å²) < 4.78 is 1.39. The Morgan fingerprint density at radius 2 is 1.84 bits per heavy atom. The van der Waals surface area contributed by atoms with Crippen molar-refractivity contribution in [2.45, 2.75) is 51.0 Å². The second-order valence-electron chi connectivity index (χ2n) is 5.88. The maximum atomic E-state index is 6.50. The van der Waals surface area contributed by atoms with Gasteiger partial charge >= 0.3 is 0 Å². The molecule has 1 saturated carbocycles. The van der Waals surface area contributed by atoms with Gasteiger partial charge in [-0.3, -0.25) is 0 Å². The lowest BCUT2D eigenvalue weighted by molar-refractivity contribution is 0.373. The van der Waals surface area contributed by atoms with E-state index in [2.05, 4.69) is 29.6 Å². The van der Waals surface area contributed by atoms with Crippen LogP contribution in [0.5, 0.6) is 0 Å². The van der Waals surface area contributed by atoms with Crippen molar-refractivity contribution in [1.82, 2.24) is 0 Å². The van der Waals surface area contributed by atoms with Crippen LogP contribution >= 0.6 is 11.3 Å². The fraction of sp³-hybridized carbons (Fsp3) is 0.529. The summed E-state index contributed by atoms with van der Waals surface area (Å²) in [5.74, 6) is 0.737. The first-order valence-electron chi connectivity index (χ1n) is 7.55. The molecule has 1 fully saturated rings. The average Bonchev–Trinajstić information content (AvgIpc) is 2.66. The van der Waals surface area contributed by atoms with Gasteiger partial charge in [-0.05, 0) is 47.6 Å². The Bertz CT molecular complexity index is 523. The zero-order valence-corrected chi connectivity index (χ0v) is 12.3. The van der Waals surface area contributed by atoms with Crippen molar-refractivity contribution in [1.29, 1.82) is 0 Å². The predicted octanol–water partition coefficient (Wildman–Crippen LogP) is 4.74. The van der Waals surface area contributed by atoms with Crippen LogP contribution in [-0.4, -0.2) is 6.04 Å². The standard InChI is InChI=1S/C17H23NS/c18-16(13-7-3-1-2-4-8-13)11-14-12-19-17-10-6-5-9-15(14)17/h5-6,9-10,12-13,16H,1-4,7-8,11,18H2. The molecule has 1 nitrogen and oxygen atoms in total. The molecular weight excluding hydrogens is 250 g/mol. The first-order valence-corrected chi connectivity index (χ1v) is 8.43. The number of benzene rings is 1. The average molecular weight is 273 g/mol. The van der Waals surface area contributed by atoms with Crippen LogP contribution in [0.2, 0.25) is 0 Å². The molecule has 1 aliphatic rings. The van der Waals surface area contributed by atoms with Gasteiger partial charge < -0.3 is 5.73 Å². The Morgan fingerprint density at radius 3 is 2.63 bits per heavy atom. The highest BCUT2D eigenvalue weighted by atomic mass is 32.1. The van der Waals surface area contributed by atoms with E-state index in [1.807, 2.05) is 11.3 Å². The van der Waals surface area contributed by atoms with Gasteiger partial charge in [0.15, 0.2) is 0 Å². The molecule has 1 heterocycles. The fourth-order valence-corrected chi connectivity index (χ4v) is 4.33. The van der Waals surface area contributed by atoms with Gasteiger partial charge in [-0.2, -0.15) is 0 Å². The second-order valence-corrected chi connectivity index (χ2v) is 6.79. The first-order chi connectivity index (χ1) is 9.34. The van der Waals surface area contributed by atoms with Gasteiger partial charge in [0.25, 0.3) is 0 Å². The van der Waals surface area contributed by atoms with Crippen molar-refractivity contribution >= 4 is 21.4 Å². The minimum Gasteiger partial charge on any atom is -0.327 e. The van der Waals surface area contributed by atoms with Gasteiger partial charge in [0, 0.05) is 10.7 Å². The van der Waals surface area contributed by atoms with E-state index in [9.17, 15) is 0 Å². The van der Waals surface area contributed by atoms with Crippen molar-refractivity contribution in [3.63, 3.8) is 0 Å². The van der Waals surface area contributed by atoms with E-state index in [1.165, 1.54) is 54.2 Å². The number of hydrogen-bond donors (Lipinski definition) is 1. The van der Waals surface area contributed by atoms with Crippen molar-refractivity contribution in [2.75, 3.05) is 0 Å². The van der Waals surface area contributed by atoms with Crippen LogP contribution in [0.15, 0.2) is 29.6 Å². The highest BCUT2D eigenvalue weighted by Gasteiger charge is 2.20. The zero-order chi connectivity index (χ0) is 13.1. The summed E-state index contributed by atoms with van der Waals surface area (Å²) in [4.78, 5) is 0. The molecule has 2 aromatic rings. The molecule has 0 saturated heterocycles. The van der Waals surface area contributed by atoms with Gasteiger partial charge in [-0.25, -0.2) is 0 Å². The summed E-state index contributed by atoms with van der Waals surface area (Å²) in [5, 5.41) is 3.72. The lowest BCUT2D eigenvalue weighted by Gasteiger charge is -2.22. The quantitative estimate of drug-likeness (QED) is 0.803. The SMILES string of the molecule is NC(Cc1csc2ccccc12)C1CCCCCC1. The van der Waals surface area contributed by atoms with E-state index in [0.717, 1.165) is 12.3 Å². The van der Waals surface area contributed by atoms with E-state index in [1.54, 1.807) is 0 Å². The number of thiophene rings is 1. The summed E-state index contributed by atoms with van der Waals surface area (Å²) in [6.45, 7) is 0. The minimum atomic E-state index is 0.344. The molecule has 3 rings (SSSR count). The fourth-order valence-electron chi connectivity index (χ4n) is 3.35. The summed E-state index contributed by atoms with van der Waals surface area (Å²) >= 11 is 1.85. The Hall–Kier alpha value is -0.860. The number of rotatable bonds is 3. The van der Waals surface area contributed by atoms with Crippen LogP contribution in [-0.2, 0) is 6.42 Å². The summed E-state index contributed by atoms with van der Waals surface area (Å²) in [7, 11) is 0. The predicted molar refractivity (Wildman–Crippen MR) is 84.7 cm³/mol. The maximum Gasteiger partial charge on any atom is 0.0345 e. The van der Waals surface area contributed by atoms with E-state index < -0.39 is 0 Å². The van der Waals surface area contributed by atoms with Crippen LogP contribution in [0.4, 0.5) is 0 Å². The number of fused-ring (bicyclic) bond motifs is 1. The molecule has 1 unspecified atom stereocenters. The maximum absolute atomic E-state index is 6.50. The molecule has 102 valence electrons. The molecular formula is C17H23NS. The molecule has 1 aromatic heterocycles. The van der Waals surface area contributed by atoms with E-state index in [4.69, 9.17) is 5.73 Å². The normalized spacial score (nSPS) is 19.4. The zero-order valence-electron chi connectivity index (χ0n) is 11.5. The van der Waals surface area contributed by atoms with Crippen LogP contribution < -0.4 is 5.73 Å². The molecule has 1 atom stereocenters. The van der Waals surface area contributed by atoms with E-state index >= 15 is 0 Å². The first kappa shape index (κ1) is 13.1. The third-order valence-electron chi connectivity index (χ3n) is 4.52. The van der Waals surface area contributed by atoms with Crippen molar-refractivity contribution in [3.05, 3.63) is 35.2 Å². The summed E-state index contributed by atoms with van der Waals surface area (Å²) in [5.41, 5.74) is 7.96. The third kappa shape index (κ3) is 3.01. The Kier molecular flexibility index (Phi) is 4.19. The number of nitrogens with two attached hydrogens (primary N) is 1. The second kappa shape index (κ2) is 6.06. The van der Waals surface area contributed by atoms with E-state index in [0.29, 0.717) is 6.04 Å². The Morgan fingerprint density at radius 1 is 1.11 bits per heavy atom. The summed E-state index contributed by atoms with van der Waals surface area (Å²) in [6, 6.07) is 9.04.